The number of benzene rings is 1. The van der Waals surface area contributed by atoms with Gasteiger partial charge in [0, 0.05) is 37.9 Å². The van der Waals surface area contributed by atoms with Gasteiger partial charge >= 0.3 is 0 Å². The maximum atomic E-state index is 5.89. The number of pyridine rings is 1. The molecule has 0 amide bonds. The summed E-state index contributed by atoms with van der Waals surface area (Å²) in [6.07, 6.45) is 3.05. The molecule has 0 unspecified atom stereocenters. The number of thiazole rings is 1. The van der Waals surface area contributed by atoms with Gasteiger partial charge in [-0.25, -0.2) is 9.97 Å². The van der Waals surface area contributed by atoms with Gasteiger partial charge in [-0.15, -0.1) is 0 Å². The minimum atomic E-state index is 0.602. The molecule has 1 aromatic carbocycles. The molecule has 2 atom stereocenters. The molecule has 2 bridgehead atoms. The molecule has 0 spiro atoms. The molecule has 2 saturated heterocycles. The van der Waals surface area contributed by atoms with Crippen LogP contribution in [0, 0.1) is 0 Å². The zero-order chi connectivity index (χ0) is 17.3. The van der Waals surface area contributed by atoms with Crippen LogP contribution in [0.5, 0.6) is 16.7 Å². The predicted molar refractivity (Wildman–Crippen MR) is 101 cm³/mol. The average Bonchev–Trinajstić information content (AvgIpc) is 3.38. The van der Waals surface area contributed by atoms with Crippen LogP contribution in [0.25, 0.3) is 10.3 Å². The molecule has 4 heterocycles. The van der Waals surface area contributed by atoms with E-state index in [0.717, 1.165) is 41.5 Å². The molecule has 2 fully saturated rings. The number of likely N-dealkylation sites (tertiary alicyclic amines) is 1. The smallest absolute Gasteiger partial charge is 0.281 e. The number of hydrogen-bond donors (Lipinski definition) is 1. The summed E-state index contributed by atoms with van der Waals surface area (Å²) in [6, 6.07) is 12.9. The maximum absolute atomic E-state index is 5.89. The molecule has 0 aliphatic carbocycles. The number of nitrogens with one attached hydrogen (secondary N) is 1. The number of rotatable bonds is 6. The van der Waals surface area contributed by atoms with E-state index in [1.807, 2.05) is 36.4 Å². The molecule has 3 aromatic rings. The topological polar surface area (TPSA) is 59.5 Å². The molecule has 134 valence electrons. The molecule has 7 heteroatoms. The lowest BCUT2D eigenvalue weighted by Gasteiger charge is -2.26. The van der Waals surface area contributed by atoms with Crippen LogP contribution in [0.15, 0.2) is 42.6 Å². The van der Waals surface area contributed by atoms with Crippen molar-refractivity contribution in [2.75, 3.05) is 26.2 Å². The number of nitrogens with zero attached hydrogens (tertiary/aromatic N) is 3. The Hall–Kier alpha value is -2.22. The molecule has 0 radical (unpaired) electrons. The molecule has 26 heavy (non-hydrogen) atoms. The van der Waals surface area contributed by atoms with Crippen molar-refractivity contribution in [3.8, 4) is 16.7 Å². The summed E-state index contributed by atoms with van der Waals surface area (Å²) in [6.45, 7) is 3.97. The van der Waals surface area contributed by atoms with Crippen LogP contribution >= 0.6 is 11.3 Å². The summed E-state index contributed by atoms with van der Waals surface area (Å²) in [4.78, 5) is 12.1. The number of aromatic nitrogens is 2. The lowest BCUT2D eigenvalue weighted by Crippen LogP contribution is -2.45. The van der Waals surface area contributed by atoms with Crippen LogP contribution < -0.4 is 14.8 Å². The fraction of sp³-hybridized carbons (Fsp3) is 0.368. The highest BCUT2D eigenvalue weighted by atomic mass is 32.1. The summed E-state index contributed by atoms with van der Waals surface area (Å²) in [7, 11) is 0. The van der Waals surface area contributed by atoms with E-state index in [9.17, 15) is 0 Å². The first-order valence-electron chi connectivity index (χ1n) is 8.93. The first kappa shape index (κ1) is 16.0. The molecule has 2 aliphatic rings. The fourth-order valence-corrected chi connectivity index (χ4v) is 4.48. The van der Waals surface area contributed by atoms with E-state index in [0.29, 0.717) is 23.9 Å². The van der Waals surface area contributed by atoms with Crippen molar-refractivity contribution in [3.05, 3.63) is 42.6 Å². The maximum Gasteiger partial charge on any atom is 0.281 e. The van der Waals surface area contributed by atoms with Gasteiger partial charge < -0.3 is 14.8 Å². The van der Waals surface area contributed by atoms with E-state index >= 15 is 0 Å². The first-order valence-corrected chi connectivity index (χ1v) is 9.75. The summed E-state index contributed by atoms with van der Waals surface area (Å²) >= 11 is 1.44. The highest BCUT2D eigenvalue weighted by molar-refractivity contribution is 7.19. The Labute approximate surface area is 155 Å². The van der Waals surface area contributed by atoms with E-state index in [4.69, 9.17) is 9.47 Å². The average molecular weight is 368 g/mol. The van der Waals surface area contributed by atoms with Crippen molar-refractivity contribution >= 4 is 21.7 Å². The summed E-state index contributed by atoms with van der Waals surface area (Å²) in [5.74, 6) is 1.62. The largest absolute Gasteiger partial charge is 0.492 e. The van der Waals surface area contributed by atoms with Crippen LogP contribution in [0.3, 0.4) is 0 Å². The second-order valence-corrected chi connectivity index (χ2v) is 7.66. The van der Waals surface area contributed by atoms with E-state index in [-0.39, 0.29) is 0 Å². The standard InChI is InChI=1S/C19H20N4O2S/c1-2-17-18(20-7-1)26-19(22-17)25-16-5-3-15(4-6-16)24-9-8-23-12-13-10-14(23)11-21-13/h1-7,13-14,21H,8-12H2/t13-,14-/m0/s1. The molecule has 2 aliphatic heterocycles. The van der Waals surface area contributed by atoms with Crippen LogP contribution in [0.2, 0.25) is 0 Å². The third kappa shape index (κ3) is 3.25. The Balaban J connectivity index is 1.15. The van der Waals surface area contributed by atoms with Gasteiger partial charge in [-0.05, 0) is 42.8 Å². The van der Waals surface area contributed by atoms with Gasteiger partial charge in [0.15, 0.2) is 0 Å². The van der Waals surface area contributed by atoms with Gasteiger partial charge in [0.05, 0.1) is 0 Å². The summed E-state index contributed by atoms with van der Waals surface area (Å²) < 4.78 is 11.7. The van der Waals surface area contributed by atoms with Gasteiger partial charge in [-0.3, -0.25) is 4.90 Å². The van der Waals surface area contributed by atoms with Gasteiger partial charge in [0.1, 0.15) is 28.5 Å². The molecule has 1 N–H and O–H groups in total. The van der Waals surface area contributed by atoms with E-state index in [2.05, 4.69) is 20.2 Å². The normalized spacial score (nSPS) is 22.2. The minimum absolute atomic E-state index is 0.602. The van der Waals surface area contributed by atoms with Crippen molar-refractivity contribution in [2.45, 2.75) is 18.5 Å². The van der Waals surface area contributed by atoms with E-state index in [1.165, 1.54) is 17.8 Å². The van der Waals surface area contributed by atoms with Crippen molar-refractivity contribution in [2.24, 2.45) is 0 Å². The van der Waals surface area contributed by atoms with Gasteiger partial charge in [-0.2, -0.15) is 0 Å². The number of fused-ring (bicyclic) bond motifs is 3. The number of hydrogen-bond acceptors (Lipinski definition) is 7. The Morgan fingerprint density at radius 1 is 1.19 bits per heavy atom. The lowest BCUT2D eigenvalue weighted by atomic mass is 10.2. The second kappa shape index (κ2) is 6.83. The Bertz CT molecular complexity index is 865. The molecular weight excluding hydrogens is 348 g/mol. The third-order valence-electron chi connectivity index (χ3n) is 4.99. The monoisotopic (exact) mass is 368 g/mol. The van der Waals surface area contributed by atoms with Crippen LogP contribution in [-0.2, 0) is 0 Å². The van der Waals surface area contributed by atoms with Gasteiger partial charge in [0.2, 0.25) is 0 Å². The molecule has 2 aromatic heterocycles. The van der Waals surface area contributed by atoms with Crippen molar-refractivity contribution < 1.29 is 9.47 Å². The molecule has 5 rings (SSSR count). The lowest BCUT2D eigenvalue weighted by molar-refractivity contribution is 0.180. The first-order chi connectivity index (χ1) is 12.8. The summed E-state index contributed by atoms with van der Waals surface area (Å²) in [5.41, 5.74) is 0.860. The van der Waals surface area contributed by atoms with E-state index in [1.54, 1.807) is 6.20 Å². The third-order valence-corrected chi connectivity index (χ3v) is 5.85. The molecule has 0 saturated carbocycles. The van der Waals surface area contributed by atoms with Crippen molar-refractivity contribution in [3.63, 3.8) is 0 Å². The highest BCUT2D eigenvalue weighted by Gasteiger charge is 2.36. The van der Waals surface area contributed by atoms with Gasteiger partial charge in [0.25, 0.3) is 5.19 Å². The van der Waals surface area contributed by atoms with Crippen molar-refractivity contribution in [1.29, 1.82) is 0 Å². The Morgan fingerprint density at radius 3 is 2.85 bits per heavy atom. The number of ether oxygens (including phenoxy) is 2. The predicted octanol–water partition coefficient (Wildman–Crippen LogP) is 2.91. The second-order valence-electron chi connectivity index (χ2n) is 6.72. The SMILES string of the molecule is c1cnc2sc(Oc3ccc(OCCN4C[C@@H]5C[C@H]4CN5)cc3)nc2c1. The quantitative estimate of drug-likeness (QED) is 0.722. The van der Waals surface area contributed by atoms with Crippen LogP contribution in [-0.4, -0.2) is 53.2 Å². The summed E-state index contributed by atoms with van der Waals surface area (Å²) in [5, 5.41) is 4.13. The van der Waals surface area contributed by atoms with E-state index < -0.39 is 0 Å². The van der Waals surface area contributed by atoms with Crippen LogP contribution in [0.4, 0.5) is 0 Å². The zero-order valence-electron chi connectivity index (χ0n) is 14.3. The Kier molecular flexibility index (Phi) is 4.20. The minimum Gasteiger partial charge on any atom is -0.492 e. The molecule has 6 nitrogen and oxygen atoms in total. The van der Waals surface area contributed by atoms with Crippen LogP contribution in [0.1, 0.15) is 6.42 Å². The van der Waals surface area contributed by atoms with Crippen molar-refractivity contribution in [1.82, 2.24) is 20.2 Å². The Morgan fingerprint density at radius 2 is 2.08 bits per heavy atom. The number of piperazine rings is 1. The highest BCUT2D eigenvalue weighted by Crippen LogP contribution is 2.30. The zero-order valence-corrected chi connectivity index (χ0v) is 15.1. The van der Waals surface area contributed by atoms with Gasteiger partial charge in [-0.1, -0.05) is 11.3 Å². The fourth-order valence-electron chi connectivity index (χ4n) is 3.70. The molecular formula is C19H20N4O2S.